The van der Waals surface area contributed by atoms with Gasteiger partial charge in [0.2, 0.25) is 11.8 Å². The smallest absolute Gasteiger partial charge is 0.326 e. The summed E-state index contributed by atoms with van der Waals surface area (Å²) in [6, 6.07) is 25.5. The average molecular weight is 462 g/mol. The van der Waals surface area contributed by atoms with Crippen LogP contribution in [-0.4, -0.2) is 47.9 Å². The number of carboxylic acids is 1. The van der Waals surface area contributed by atoms with Crippen LogP contribution < -0.4 is 11.1 Å². The number of hydrogen-bond donors (Lipinski definition) is 3. The molecule has 34 heavy (non-hydrogen) atoms. The first-order valence-corrected chi connectivity index (χ1v) is 10.8. The van der Waals surface area contributed by atoms with Gasteiger partial charge in [0.1, 0.15) is 12.1 Å². The summed E-state index contributed by atoms with van der Waals surface area (Å²) in [6.45, 7) is 1.31. The van der Waals surface area contributed by atoms with Gasteiger partial charge in [-0.05, 0) is 22.3 Å². The van der Waals surface area contributed by atoms with Crippen LogP contribution in [0.15, 0.2) is 84.9 Å². The van der Waals surface area contributed by atoms with Crippen LogP contribution in [0.1, 0.15) is 24.1 Å². The third kappa shape index (κ3) is 8.18. The highest BCUT2D eigenvalue weighted by Gasteiger charge is 2.18. The highest BCUT2D eigenvalue weighted by Crippen LogP contribution is 2.19. The number of nitrogens with zero attached hydrogens (tertiary/aromatic N) is 1. The standard InChI is InChI=1S/C17H17NO3.C10H14N2O/c1-12(19)18-16(17(20)21)11-13-7-9-15(10-8-13)14-5-3-2-4-6-14;1-12(2)10(13)9(11)8-6-4-3-5-7-8/h2-10,16H,11H2,1H3,(H,18,19)(H,20,21);3-7,9H,11H2,1-2H3/t16-;9-/m01/s1. The van der Waals surface area contributed by atoms with Crippen LogP contribution in [0.3, 0.4) is 0 Å². The molecule has 0 aliphatic rings. The van der Waals surface area contributed by atoms with Crippen molar-refractivity contribution in [2.75, 3.05) is 14.1 Å². The number of aliphatic carboxylic acids is 1. The van der Waals surface area contributed by atoms with Crippen molar-refractivity contribution < 1.29 is 19.5 Å². The van der Waals surface area contributed by atoms with E-state index in [1.807, 2.05) is 84.9 Å². The van der Waals surface area contributed by atoms with E-state index in [9.17, 15) is 14.4 Å². The molecule has 4 N–H and O–H groups in total. The van der Waals surface area contributed by atoms with Gasteiger partial charge < -0.3 is 21.1 Å². The Kier molecular flexibility index (Phi) is 9.98. The lowest BCUT2D eigenvalue weighted by Crippen LogP contribution is -2.41. The second-order valence-corrected chi connectivity index (χ2v) is 7.98. The average Bonchev–Trinajstić information content (AvgIpc) is 2.84. The van der Waals surface area contributed by atoms with E-state index in [0.717, 1.165) is 22.3 Å². The first-order chi connectivity index (χ1) is 16.2. The van der Waals surface area contributed by atoms with Gasteiger partial charge in [0.05, 0.1) is 0 Å². The zero-order valence-corrected chi connectivity index (χ0v) is 19.6. The molecule has 7 nitrogen and oxygen atoms in total. The van der Waals surface area contributed by atoms with Crippen molar-refractivity contribution in [3.05, 3.63) is 96.1 Å². The van der Waals surface area contributed by atoms with Gasteiger partial charge in [-0.1, -0.05) is 84.9 Å². The SMILES string of the molecule is CC(=O)N[C@@H](Cc1ccc(-c2ccccc2)cc1)C(=O)O.CN(C)C(=O)[C@H](N)c1ccccc1. The molecule has 0 unspecified atom stereocenters. The lowest BCUT2D eigenvalue weighted by molar-refractivity contribution is -0.141. The van der Waals surface area contributed by atoms with Crippen molar-refractivity contribution in [2.45, 2.75) is 25.4 Å². The van der Waals surface area contributed by atoms with Crippen molar-refractivity contribution in [3.63, 3.8) is 0 Å². The van der Waals surface area contributed by atoms with Crippen molar-refractivity contribution in [1.82, 2.24) is 10.2 Å². The Morgan fingerprint density at radius 2 is 1.35 bits per heavy atom. The van der Waals surface area contributed by atoms with Gasteiger partial charge in [0.15, 0.2) is 0 Å². The Hall–Kier alpha value is -3.97. The minimum absolute atomic E-state index is 0.0776. The van der Waals surface area contributed by atoms with Crippen LogP contribution in [-0.2, 0) is 20.8 Å². The van der Waals surface area contributed by atoms with Crippen molar-refractivity contribution >= 4 is 17.8 Å². The number of likely N-dealkylation sites (N-methyl/N-ethyl adjacent to an activating group) is 1. The summed E-state index contributed by atoms with van der Waals surface area (Å²) < 4.78 is 0. The van der Waals surface area contributed by atoms with Gasteiger partial charge in [0, 0.05) is 27.4 Å². The van der Waals surface area contributed by atoms with Gasteiger partial charge in [-0.2, -0.15) is 0 Å². The second-order valence-electron chi connectivity index (χ2n) is 7.98. The lowest BCUT2D eigenvalue weighted by Gasteiger charge is -2.16. The fraction of sp³-hybridized carbons (Fsp3) is 0.222. The molecule has 7 heteroatoms. The van der Waals surface area contributed by atoms with Crippen LogP contribution in [0.2, 0.25) is 0 Å². The number of hydrogen-bond acceptors (Lipinski definition) is 4. The Morgan fingerprint density at radius 3 is 1.82 bits per heavy atom. The maximum absolute atomic E-state index is 11.4. The largest absolute Gasteiger partial charge is 0.480 e. The number of nitrogens with two attached hydrogens (primary N) is 1. The Morgan fingerprint density at radius 1 is 0.853 bits per heavy atom. The summed E-state index contributed by atoms with van der Waals surface area (Å²) in [5.41, 5.74) is 9.65. The van der Waals surface area contributed by atoms with Crippen LogP contribution in [0, 0.1) is 0 Å². The molecule has 3 aromatic rings. The number of carboxylic acid groups (broad SMARTS) is 1. The predicted octanol–water partition coefficient (Wildman–Crippen LogP) is 3.26. The minimum Gasteiger partial charge on any atom is -0.480 e. The summed E-state index contributed by atoms with van der Waals surface area (Å²) in [7, 11) is 3.40. The number of nitrogens with one attached hydrogen (secondary N) is 1. The summed E-state index contributed by atoms with van der Waals surface area (Å²) in [6.07, 6.45) is 0.268. The van der Waals surface area contributed by atoms with Crippen molar-refractivity contribution in [3.8, 4) is 11.1 Å². The number of carbonyl (C=O) groups excluding carboxylic acids is 2. The van der Waals surface area contributed by atoms with E-state index in [-0.39, 0.29) is 18.2 Å². The van der Waals surface area contributed by atoms with Gasteiger partial charge >= 0.3 is 5.97 Å². The molecule has 0 fully saturated rings. The first kappa shape index (κ1) is 26.3. The summed E-state index contributed by atoms with van der Waals surface area (Å²) >= 11 is 0. The summed E-state index contributed by atoms with van der Waals surface area (Å²) in [5.74, 6) is -1.45. The Bertz CT molecular complexity index is 1070. The fourth-order valence-corrected chi connectivity index (χ4v) is 3.23. The predicted molar refractivity (Wildman–Crippen MR) is 133 cm³/mol. The number of carbonyl (C=O) groups is 3. The maximum atomic E-state index is 11.4. The highest BCUT2D eigenvalue weighted by molar-refractivity contribution is 5.83. The molecular formula is C27H31N3O4. The van der Waals surface area contributed by atoms with E-state index < -0.39 is 18.1 Å². The van der Waals surface area contributed by atoms with E-state index in [0.29, 0.717) is 0 Å². The normalized spacial score (nSPS) is 11.9. The van der Waals surface area contributed by atoms with E-state index >= 15 is 0 Å². The molecule has 0 spiro atoms. The summed E-state index contributed by atoms with van der Waals surface area (Å²) in [5, 5.41) is 11.5. The highest BCUT2D eigenvalue weighted by atomic mass is 16.4. The molecule has 3 rings (SSSR count). The van der Waals surface area contributed by atoms with Crippen LogP contribution in [0.25, 0.3) is 11.1 Å². The zero-order chi connectivity index (χ0) is 25.1. The second kappa shape index (κ2) is 12.9. The van der Waals surface area contributed by atoms with E-state index in [1.54, 1.807) is 14.1 Å². The molecule has 0 bridgehead atoms. The third-order valence-corrected chi connectivity index (χ3v) is 5.04. The molecule has 0 aliphatic heterocycles. The summed E-state index contributed by atoms with van der Waals surface area (Å²) in [4.78, 5) is 35.1. The van der Waals surface area contributed by atoms with Crippen LogP contribution in [0.5, 0.6) is 0 Å². The third-order valence-electron chi connectivity index (χ3n) is 5.04. The zero-order valence-electron chi connectivity index (χ0n) is 19.6. The Balaban J connectivity index is 0.000000270. The van der Waals surface area contributed by atoms with Crippen LogP contribution >= 0.6 is 0 Å². The van der Waals surface area contributed by atoms with Gasteiger partial charge in [-0.3, -0.25) is 9.59 Å². The molecule has 0 heterocycles. The van der Waals surface area contributed by atoms with E-state index in [4.69, 9.17) is 10.8 Å². The molecular weight excluding hydrogens is 430 g/mol. The molecule has 2 amide bonds. The quantitative estimate of drug-likeness (QED) is 0.500. The van der Waals surface area contributed by atoms with E-state index in [1.165, 1.54) is 11.8 Å². The molecule has 0 radical (unpaired) electrons. The fourth-order valence-electron chi connectivity index (χ4n) is 3.23. The number of amides is 2. The molecule has 0 saturated heterocycles. The van der Waals surface area contributed by atoms with Gasteiger partial charge in [-0.25, -0.2) is 4.79 Å². The topological polar surface area (TPSA) is 113 Å². The maximum Gasteiger partial charge on any atom is 0.326 e. The first-order valence-electron chi connectivity index (χ1n) is 10.8. The molecule has 0 aliphatic carbocycles. The molecule has 0 aromatic heterocycles. The van der Waals surface area contributed by atoms with Gasteiger partial charge in [-0.15, -0.1) is 0 Å². The molecule has 2 atom stereocenters. The monoisotopic (exact) mass is 461 g/mol. The number of rotatable bonds is 7. The molecule has 0 saturated carbocycles. The van der Waals surface area contributed by atoms with Crippen molar-refractivity contribution in [2.24, 2.45) is 5.73 Å². The van der Waals surface area contributed by atoms with Crippen LogP contribution in [0.4, 0.5) is 0 Å². The minimum atomic E-state index is -1.03. The number of benzene rings is 3. The van der Waals surface area contributed by atoms with E-state index in [2.05, 4.69) is 5.32 Å². The van der Waals surface area contributed by atoms with Crippen molar-refractivity contribution in [1.29, 1.82) is 0 Å². The molecule has 178 valence electrons. The van der Waals surface area contributed by atoms with Gasteiger partial charge in [0.25, 0.3) is 0 Å². The lowest BCUT2D eigenvalue weighted by atomic mass is 10.0. The molecule has 3 aromatic carbocycles. The Labute approximate surface area is 200 Å².